The van der Waals surface area contributed by atoms with Crippen LogP contribution >= 0.6 is 0 Å². The molecule has 2 heteroatoms. The average Bonchev–Trinajstić information content (AvgIpc) is 1.82. The van der Waals surface area contributed by atoms with Crippen molar-refractivity contribution in [3.63, 3.8) is 0 Å². The number of rotatable bonds is 5. The molecular weight excluding hydrogens is 160 g/mol. The Hall–Kier alpha value is -0.0800. The predicted octanol–water partition coefficient (Wildman–Crippen LogP) is 1.95. The zero-order valence-corrected chi connectivity index (χ0v) is 10.1. The molecule has 0 aromatic rings. The van der Waals surface area contributed by atoms with E-state index in [1.807, 2.05) is 0 Å². The lowest BCUT2D eigenvalue weighted by Gasteiger charge is -2.34. The molecule has 80 valence electrons. The van der Waals surface area contributed by atoms with Gasteiger partial charge in [-0.05, 0) is 25.3 Å². The fourth-order valence-corrected chi connectivity index (χ4v) is 1.53. The van der Waals surface area contributed by atoms with Gasteiger partial charge in [0.25, 0.3) is 0 Å². The summed E-state index contributed by atoms with van der Waals surface area (Å²) in [5.41, 5.74) is 6.13. The molecule has 0 spiro atoms. The molecule has 0 bridgehead atoms. The molecule has 0 aromatic carbocycles. The van der Waals surface area contributed by atoms with Gasteiger partial charge in [0.15, 0.2) is 0 Å². The fourth-order valence-electron chi connectivity index (χ4n) is 1.53. The van der Waals surface area contributed by atoms with Crippen molar-refractivity contribution in [3.8, 4) is 0 Å². The van der Waals surface area contributed by atoms with Crippen molar-refractivity contribution in [1.82, 2.24) is 4.90 Å². The molecule has 0 heterocycles. The number of nitrogens with zero attached hydrogens (tertiary/aromatic N) is 1. The van der Waals surface area contributed by atoms with Crippen LogP contribution in [0.5, 0.6) is 0 Å². The molecule has 0 rings (SSSR count). The van der Waals surface area contributed by atoms with Gasteiger partial charge in [0.2, 0.25) is 0 Å². The first-order chi connectivity index (χ1) is 5.75. The number of nitrogens with two attached hydrogens (primary N) is 1. The van der Waals surface area contributed by atoms with Gasteiger partial charge in [-0.15, -0.1) is 0 Å². The van der Waals surface area contributed by atoms with Crippen LogP contribution in [0.2, 0.25) is 0 Å². The van der Waals surface area contributed by atoms with Crippen LogP contribution in [0.25, 0.3) is 0 Å². The van der Waals surface area contributed by atoms with Crippen molar-refractivity contribution in [2.45, 2.75) is 40.7 Å². The Morgan fingerprint density at radius 1 is 1.23 bits per heavy atom. The first-order valence-electron chi connectivity index (χ1n) is 5.20. The molecule has 0 amide bonds. The highest BCUT2D eigenvalue weighted by molar-refractivity contribution is 4.80. The van der Waals surface area contributed by atoms with E-state index in [1.165, 1.54) is 0 Å². The fraction of sp³-hybridized carbons (Fsp3) is 1.00. The van der Waals surface area contributed by atoms with Gasteiger partial charge in [-0.1, -0.05) is 27.7 Å². The van der Waals surface area contributed by atoms with E-state index >= 15 is 0 Å². The Balaban J connectivity index is 3.96. The van der Waals surface area contributed by atoms with Crippen molar-refractivity contribution in [2.24, 2.45) is 17.1 Å². The maximum atomic E-state index is 5.92. The normalized spacial score (nSPS) is 15.5. The Bertz CT molecular complexity index is 139. The van der Waals surface area contributed by atoms with Gasteiger partial charge in [-0.25, -0.2) is 0 Å². The van der Waals surface area contributed by atoms with Gasteiger partial charge in [0.05, 0.1) is 0 Å². The molecule has 1 unspecified atom stereocenters. The SMILES string of the molecule is CC(C)CN(C)CC(C)(C)C(C)N. The molecule has 0 aliphatic carbocycles. The summed E-state index contributed by atoms with van der Waals surface area (Å²) >= 11 is 0. The molecule has 0 aromatic heterocycles. The largest absolute Gasteiger partial charge is 0.327 e. The monoisotopic (exact) mass is 186 g/mol. The quantitative estimate of drug-likeness (QED) is 0.711. The van der Waals surface area contributed by atoms with Crippen LogP contribution in [0.4, 0.5) is 0 Å². The van der Waals surface area contributed by atoms with Gasteiger partial charge in [0.1, 0.15) is 0 Å². The number of hydrogen-bond acceptors (Lipinski definition) is 2. The third kappa shape index (κ3) is 5.27. The molecule has 0 saturated heterocycles. The van der Waals surface area contributed by atoms with E-state index in [0.29, 0.717) is 0 Å². The van der Waals surface area contributed by atoms with Crippen molar-refractivity contribution in [2.75, 3.05) is 20.1 Å². The average molecular weight is 186 g/mol. The summed E-state index contributed by atoms with van der Waals surface area (Å²) in [5, 5.41) is 0. The molecule has 0 aliphatic rings. The lowest BCUT2D eigenvalue weighted by atomic mass is 9.85. The van der Waals surface area contributed by atoms with E-state index in [4.69, 9.17) is 5.73 Å². The zero-order chi connectivity index (χ0) is 10.6. The van der Waals surface area contributed by atoms with Gasteiger partial charge in [-0.2, -0.15) is 0 Å². The maximum absolute atomic E-state index is 5.92. The van der Waals surface area contributed by atoms with E-state index in [9.17, 15) is 0 Å². The Kier molecular flexibility index (Phi) is 4.93. The molecule has 2 nitrogen and oxygen atoms in total. The van der Waals surface area contributed by atoms with Gasteiger partial charge < -0.3 is 10.6 Å². The minimum atomic E-state index is 0.212. The van der Waals surface area contributed by atoms with Crippen LogP contribution < -0.4 is 5.73 Å². The summed E-state index contributed by atoms with van der Waals surface area (Å²) in [6.07, 6.45) is 0. The first kappa shape index (κ1) is 12.9. The second-order valence-corrected chi connectivity index (χ2v) is 5.37. The molecule has 0 saturated carbocycles. The Labute approximate surface area is 83.5 Å². The summed E-state index contributed by atoms with van der Waals surface area (Å²) in [7, 11) is 2.17. The standard InChI is InChI=1S/C11H26N2/c1-9(2)7-13(6)8-11(4,5)10(3)12/h9-10H,7-8,12H2,1-6H3. The maximum Gasteiger partial charge on any atom is 0.00739 e. The summed E-state index contributed by atoms with van der Waals surface area (Å²) < 4.78 is 0. The third-order valence-corrected chi connectivity index (χ3v) is 2.59. The molecule has 0 aliphatic heterocycles. The lowest BCUT2D eigenvalue weighted by Crippen LogP contribution is -2.43. The van der Waals surface area contributed by atoms with Gasteiger partial charge >= 0.3 is 0 Å². The highest BCUT2D eigenvalue weighted by Gasteiger charge is 2.24. The second kappa shape index (κ2) is 4.97. The van der Waals surface area contributed by atoms with Crippen LogP contribution in [0.15, 0.2) is 0 Å². The van der Waals surface area contributed by atoms with E-state index in [0.717, 1.165) is 19.0 Å². The first-order valence-corrected chi connectivity index (χ1v) is 5.20. The van der Waals surface area contributed by atoms with Gasteiger partial charge in [-0.3, -0.25) is 0 Å². The van der Waals surface area contributed by atoms with Crippen LogP contribution in [-0.4, -0.2) is 31.1 Å². The lowest BCUT2D eigenvalue weighted by molar-refractivity contribution is 0.171. The van der Waals surface area contributed by atoms with Crippen molar-refractivity contribution >= 4 is 0 Å². The van der Waals surface area contributed by atoms with Crippen LogP contribution in [0.1, 0.15) is 34.6 Å². The van der Waals surface area contributed by atoms with E-state index in [-0.39, 0.29) is 11.5 Å². The Morgan fingerprint density at radius 2 is 1.69 bits per heavy atom. The van der Waals surface area contributed by atoms with Crippen LogP contribution in [0.3, 0.4) is 0 Å². The van der Waals surface area contributed by atoms with Crippen molar-refractivity contribution in [1.29, 1.82) is 0 Å². The number of hydrogen-bond donors (Lipinski definition) is 1. The van der Waals surface area contributed by atoms with Crippen molar-refractivity contribution < 1.29 is 0 Å². The molecule has 13 heavy (non-hydrogen) atoms. The van der Waals surface area contributed by atoms with E-state index in [2.05, 4.69) is 46.6 Å². The molecule has 2 N–H and O–H groups in total. The van der Waals surface area contributed by atoms with Crippen LogP contribution in [-0.2, 0) is 0 Å². The summed E-state index contributed by atoms with van der Waals surface area (Å²) in [6.45, 7) is 13.3. The molecular formula is C11H26N2. The summed E-state index contributed by atoms with van der Waals surface area (Å²) in [4.78, 5) is 2.37. The van der Waals surface area contributed by atoms with E-state index < -0.39 is 0 Å². The second-order valence-electron chi connectivity index (χ2n) is 5.37. The van der Waals surface area contributed by atoms with Crippen molar-refractivity contribution in [3.05, 3.63) is 0 Å². The third-order valence-electron chi connectivity index (χ3n) is 2.59. The molecule has 0 radical (unpaired) electrons. The van der Waals surface area contributed by atoms with Crippen LogP contribution in [0, 0.1) is 11.3 Å². The zero-order valence-electron chi connectivity index (χ0n) is 10.1. The van der Waals surface area contributed by atoms with Gasteiger partial charge in [0, 0.05) is 19.1 Å². The minimum Gasteiger partial charge on any atom is -0.327 e. The topological polar surface area (TPSA) is 29.3 Å². The minimum absolute atomic E-state index is 0.212. The van der Waals surface area contributed by atoms with E-state index in [1.54, 1.807) is 0 Å². The molecule has 0 fully saturated rings. The highest BCUT2D eigenvalue weighted by Crippen LogP contribution is 2.20. The summed E-state index contributed by atoms with van der Waals surface area (Å²) in [6, 6.07) is 0.252. The summed E-state index contributed by atoms with van der Waals surface area (Å²) in [5.74, 6) is 0.730. The Morgan fingerprint density at radius 3 is 2.00 bits per heavy atom. The smallest absolute Gasteiger partial charge is 0.00739 e. The molecule has 1 atom stereocenters. The highest BCUT2D eigenvalue weighted by atomic mass is 15.1. The predicted molar refractivity (Wildman–Crippen MR) is 59.8 cm³/mol.